The Morgan fingerprint density at radius 2 is 1.95 bits per heavy atom. The number of aliphatic imine (C=N–C) groups is 1. The van der Waals surface area contributed by atoms with Crippen molar-refractivity contribution in [2.75, 3.05) is 14.2 Å². The molecule has 1 aromatic heterocycles. The lowest BCUT2D eigenvalue weighted by atomic mass is 10.2. The number of guanidine groups is 1. The molecule has 0 saturated carbocycles. The van der Waals surface area contributed by atoms with E-state index < -0.39 is 0 Å². The van der Waals surface area contributed by atoms with E-state index in [1.54, 1.807) is 25.5 Å². The standard InChI is InChI=1S/C15H19N3OS/c1-16-15(18-11-13-7-5-9-20-13)17-10-12-6-3-4-8-14(12)19-2/h3-9H,10-11H2,1-2H3,(H2,16,17,18). The van der Waals surface area contributed by atoms with E-state index in [1.807, 2.05) is 30.3 Å². The van der Waals surface area contributed by atoms with E-state index >= 15 is 0 Å². The Labute approximate surface area is 123 Å². The summed E-state index contributed by atoms with van der Waals surface area (Å²) < 4.78 is 5.33. The largest absolute Gasteiger partial charge is 0.496 e. The fourth-order valence-corrected chi connectivity index (χ4v) is 2.48. The van der Waals surface area contributed by atoms with Crippen LogP contribution in [0.2, 0.25) is 0 Å². The Bertz CT molecular complexity index is 552. The highest BCUT2D eigenvalue weighted by Gasteiger charge is 2.03. The van der Waals surface area contributed by atoms with E-state index in [0.29, 0.717) is 6.54 Å². The van der Waals surface area contributed by atoms with Crippen molar-refractivity contribution in [2.24, 2.45) is 4.99 Å². The number of rotatable bonds is 5. The molecule has 106 valence electrons. The molecule has 2 N–H and O–H groups in total. The average molecular weight is 289 g/mol. The SMILES string of the molecule is CN=C(NCc1cccs1)NCc1ccccc1OC. The summed E-state index contributed by atoms with van der Waals surface area (Å²) in [5.41, 5.74) is 1.11. The van der Waals surface area contributed by atoms with Crippen LogP contribution in [0.3, 0.4) is 0 Å². The molecule has 1 heterocycles. The third-order valence-electron chi connectivity index (χ3n) is 2.87. The second-order valence-corrected chi connectivity index (χ2v) is 5.20. The molecular formula is C15H19N3OS. The van der Waals surface area contributed by atoms with Gasteiger partial charge in [-0.1, -0.05) is 24.3 Å². The minimum atomic E-state index is 0.675. The van der Waals surface area contributed by atoms with Gasteiger partial charge in [-0.3, -0.25) is 4.99 Å². The lowest BCUT2D eigenvalue weighted by molar-refractivity contribution is 0.409. The number of nitrogens with zero attached hydrogens (tertiary/aromatic N) is 1. The van der Waals surface area contributed by atoms with Gasteiger partial charge in [0.2, 0.25) is 0 Å². The van der Waals surface area contributed by atoms with Crippen LogP contribution in [0.5, 0.6) is 5.75 Å². The maximum atomic E-state index is 5.33. The molecular weight excluding hydrogens is 270 g/mol. The van der Waals surface area contributed by atoms with Crippen LogP contribution >= 0.6 is 11.3 Å². The van der Waals surface area contributed by atoms with E-state index in [-0.39, 0.29) is 0 Å². The highest BCUT2D eigenvalue weighted by atomic mass is 32.1. The Morgan fingerprint density at radius 3 is 2.65 bits per heavy atom. The fourth-order valence-electron chi connectivity index (χ4n) is 1.83. The molecule has 2 rings (SSSR count). The average Bonchev–Trinajstić information content (AvgIpc) is 3.01. The van der Waals surface area contributed by atoms with E-state index in [0.717, 1.165) is 23.8 Å². The van der Waals surface area contributed by atoms with Crippen LogP contribution in [0.15, 0.2) is 46.8 Å². The molecule has 0 bridgehead atoms. The Balaban J connectivity index is 1.87. The molecule has 4 nitrogen and oxygen atoms in total. The first-order valence-corrected chi connectivity index (χ1v) is 7.30. The monoisotopic (exact) mass is 289 g/mol. The molecule has 0 fully saturated rings. The number of ether oxygens (including phenoxy) is 1. The summed E-state index contributed by atoms with van der Waals surface area (Å²) in [6.07, 6.45) is 0. The molecule has 0 radical (unpaired) electrons. The quantitative estimate of drug-likeness (QED) is 0.657. The minimum absolute atomic E-state index is 0.675. The smallest absolute Gasteiger partial charge is 0.191 e. The third-order valence-corrected chi connectivity index (χ3v) is 3.75. The molecule has 5 heteroatoms. The first-order chi connectivity index (χ1) is 9.83. The van der Waals surface area contributed by atoms with Gasteiger partial charge in [0, 0.05) is 24.0 Å². The van der Waals surface area contributed by atoms with Crippen LogP contribution in [0, 0.1) is 0 Å². The molecule has 0 atom stereocenters. The molecule has 0 spiro atoms. The Morgan fingerprint density at radius 1 is 1.15 bits per heavy atom. The minimum Gasteiger partial charge on any atom is -0.496 e. The molecule has 0 saturated heterocycles. The predicted molar refractivity (Wildman–Crippen MR) is 84.4 cm³/mol. The van der Waals surface area contributed by atoms with Gasteiger partial charge in [-0.15, -0.1) is 11.3 Å². The first kappa shape index (κ1) is 14.4. The fraction of sp³-hybridized carbons (Fsp3) is 0.267. The zero-order valence-corrected chi connectivity index (χ0v) is 12.5. The molecule has 0 unspecified atom stereocenters. The van der Waals surface area contributed by atoms with Gasteiger partial charge in [0.05, 0.1) is 13.7 Å². The Kier molecular flexibility index (Phi) is 5.43. The van der Waals surface area contributed by atoms with E-state index in [9.17, 15) is 0 Å². The highest BCUT2D eigenvalue weighted by Crippen LogP contribution is 2.16. The highest BCUT2D eigenvalue weighted by molar-refractivity contribution is 7.09. The normalized spacial score (nSPS) is 11.2. The number of methoxy groups -OCH3 is 1. The Hall–Kier alpha value is -2.01. The van der Waals surface area contributed by atoms with Gasteiger partial charge < -0.3 is 15.4 Å². The predicted octanol–water partition coefficient (Wildman–Crippen LogP) is 2.62. The van der Waals surface area contributed by atoms with Crippen molar-refractivity contribution in [3.05, 3.63) is 52.2 Å². The maximum absolute atomic E-state index is 5.33. The second-order valence-electron chi connectivity index (χ2n) is 4.17. The zero-order chi connectivity index (χ0) is 14.2. The van der Waals surface area contributed by atoms with E-state index in [1.165, 1.54) is 4.88 Å². The van der Waals surface area contributed by atoms with Crippen LogP contribution in [-0.2, 0) is 13.1 Å². The molecule has 0 aliphatic heterocycles. The molecule has 0 amide bonds. The number of hydrogen-bond donors (Lipinski definition) is 2. The van der Waals surface area contributed by atoms with Crippen molar-refractivity contribution in [1.29, 1.82) is 0 Å². The molecule has 0 aliphatic carbocycles. The molecule has 20 heavy (non-hydrogen) atoms. The van der Waals surface area contributed by atoms with Crippen LogP contribution in [-0.4, -0.2) is 20.1 Å². The first-order valence-electron chi connectivity index (χ1n) is 6.42. The van der Waals surface area contributed by atoms with Crippen molar-refractivity contribution < 1.29 is 4.74 Å². The van der Waals surface area contributed by atoms with Crippen LogP contribution in [0.4, 0.5) is 0 Å². The van der Waals surface area contributed by atoms with Crippen LogP contribution in [0.1, 0.15) is 10.4 Å². The maximum Gasteiger partial charge on any atom is 0.191 e. The topological polar surface area (TPSA) is 45.7 Å². The summed E-state index contributed by atoms with van der Waals surface area (Å²) in [5, 5.41) is 8.65. The molecule has 2 aromatic rings. The van der Waals surface area contributed by atoms with Gasteiger partial charge in [0.1, 0.15) is 5.75 Å². The summed E-state index contributed by atoms with van der Waals surface area (Å²) in [6, 6.07) is 12.1. The summed E-state index contributed by atoms with van der Waals surface area (Å²) >= 11 is 1.73. The summed E-state index contributed by atoms with van der Waals surface area (Å²) in [5.74, 6) is 1.66. The van der Waals surface area contributed by atoms with Crippen molar-refractivity contribution >= 4 is 17.3 Å². The second kappa shape index (κ2) is 7.55. The van der Waals surface area contributed by atoms with Crippen molar-refractivity contribution in [2.45, 2.75) is 13.1 Å². The lowest BCUT2D eigenvalue weighted by Gasteiger charge is -2.13. The zero-order valence-electron chi connectivity index (χ0n) is 11.7. The van der Waals surface area contributed by atoms with Gasteiger partial charge in [-0.25, -0.2) is 0 Å². The van der Waals surface area contributed by atoms with Crippen molar-refractivity contribution in [3.8, 4) is 5.75 Å². The summed E-state index contributed by atoms with van der Waals surface area (Å²) in [4.78, 5) is 5.50. The number of benzene rings is 1. The number of thiophene rings is 1. The van der Waals surface area contributed by atoms with Gasteiger partial charge in [-0.2, -0.15) is 0 Å². The van der Waals surface area contributed by atoms with E-state index in [2.05, 4.69) is 27.1 Å². The van der Waals surface area contributed by atoms with Crippen molar-refractivity contribution in [3.63, 3.8) is 0 Å². The number of para-hydroxylation sites is 1. The third kappa shape index (κ3) is 3.99. The lowest BCUT2D eigenvalue weighted by Crippen LogP contribution is -2.36. The number of nitrogens with one attached hydrogen (secondary N) is 2. The van der Waals surface area contributed by atoms with Gasteiger partial charge in [-0.05, 0) is 17.5 Å². The number of hydrogen-bond acceptors (Lipinski definition) is 3. The van der Waals surface area contributed by atoms with Crippen LogP contribution < -0.4 is 15.4 Å². The molecule has 0 aliphatic rings. The van der Waals surface area contributed by atoms with E-state index in [4.69, 9.17) is 4.74 Å². The van der Waals surface area contributed by atoms with Gasteiger partial charge in [0.15, 0.2) is 5.96 Å². The van der Waals surface area contributed by atoms with Crippen molar-refractivity contribution in [1.82, 2.24) is 10.6 Å². The van der Waals surface area contributed by atoms with Gasteiger partial charge >= 0.3 is 0 Å². The van der Waals surface area contributed by atoms with Crippen LogP contribution in [0.25, 0.3) is 0 Å². The summed E-state index contributed by atoms with van der Waals surface area (Å²) in [7, 11) is 3.45. The summed E-state index contributed by atoms with van der Waals surface area (Å²) in [6.45, 7) is 1.46. The molecule has 1 aromatic carbocycles. The van der Waals surface area contributed by atoms with Gasteiger partial charge in [0.25, 0.3) is 0 Å².